The molecule has 0 radical (unpaired) electrons. The number of rotatable bonds is 4. The van der Waals surface area contributed by atoms with Crippen molar-refractivity contribution in [2.75, 3.05) is 5.32 Å². The maximum atomic E-state index is 11.7. The van der Waals surface area contributed by atoms with Gasteiger partial charge in [-0.05, 0) is 24.3 Å². The maximum Gasteiger partial charge on any atom is 0.188 e. The van der Waals surface area contributed by atoms with Crippen LogP contribution in [-0.2, 0) is 0 Å². The minimum atomic E-state index is -0.0680. The lowest BCUT2D eigenvalue weighted by molar-refractivity contribution is 0.104. The van der Waals surface area contributed by atoms with Crippen molar-refractivity contribution in [1.29, 1.82) is 0 Å². The van der Waals surface area contributed by atoms with Crippen LogP contribution in [0.2, 0.25) is 0 Å². The Bertz CT molecular complexity index is 506. The molecule has 0 bridgehead atoms. The van der Waals surface area contributed by atoms with E-state index in [0.29, 0.717) is 5.56 Å². The molecule has 84 valence electrons. The van der Waals surface area contributed by atoms with E-state index in [-0.39, 0.29) is 5.78 Å². The molecule has 1 aromatic heterocycles. The second-order valence-corrected chi connectivity index (χ2v) is 3.45. The molecule has 17 heavy (non-hydrogen) atoms. The van der Waals surface area contributed by atoms with E-state index in [1.165, 1.54) is 6.08 Å². The Labute approximate surface area is 99.8 Å². The van der Waals surface area contributed by atoms with Crippen LogP contribution >= 0.6 is 0 Å². The normalized spacial score (nSPS) is 10.4. The van der Waals surface area contributed by atoms with Crippen molar-refractivity contribution in [1.82, 2.24) is 4.98 Å². The fraction of sp³-hybridized carbons (Fsp3) is 0. The molecular formula is C14H12N2O. The van der Waals surface area contributed by atoms with Crippen LogP contribution in [0.5, 0.6) is 0 Å². The van der Waals surface area contributed by atoms with E-state index in [9.17, 15) is 4.79 Å². The van der Waals surface area contributed by atoms with Crippen molar-refractivity contribution < 1.29 is 4.79 Å². The maximum absolute atomic E-state index is 11.7. The Hall–Kier alpha value is -2.42. The molecule has 1 aromatic carbocycles. The highest BCUT2D eigenvalue weighted by Gasteiger charge is 1.99. The summed E-state index contributed by atoms with van der Waals surface area (Å²) in [5.74, 6) is -0.0680. The van der Waals surface area contributed by atoms with Gasteiger partial charge in [-0.15, -0.1) is 0 Å². The van der Waals surface area contributed by atoms with Crippen LogP contribution in [0.15, 0.2) is 67.1 Å². The first-order chi connectivity index (χ1) is 8.36. The number of hydrogen-bond acceptors (Lipinski definition) is 3. The predicted octanol–water partition coefficient (Wildman–Crippen LogP) is 2.89. The number of ketones is 1. The SMILES string of the molecule is O=C(/C=C\Nc1ccccc1)c1cccnc1. The van der Waals surface area contributed by atoms with Crippen LogP contribution in [0.3, 0.4) is 0 Å². The quantitative estimate of drug-likeness (QED) is 0.641. The zero-order chi connectivity index (χ0) is 11.9. The molecule has 1 N–H and O–H groups in total. The summed E-state index contributed by atoms with van der Waals surface area (Å²) >= 11 is 0. The smallest absolute Gasteiger partial charge is 0.188 e. The van der Waals surface area contributed by atoms with E-state index < -0.39 is 0 Å². The summed E-state index contributed by atoms with van der Waals surface area (Å²) in [7, 11) is 0. The van der Waals surface area contributed by atoms with E-state index >= 15 is 0 Å². The predicted molar refractivity (Wildman–Crippen MR) is 67.8 cm³/mol. The van der Waals surface area contributed by atoms with Gasteiger partial charge in [0.1, 0.15) is 0 Å². The Morgan fingerprint density at radius 1 is 1.12 bits per heavy atom. The first kappa shape index (κ1) is 11.1. The summed E-state index contributed by atoms with van der Waals surface area (Å²) in [5.41, 5.74) is 1.53. The van der Waals surface area contributed by atoms with Gasteiger partial charge in [0.2, 0.25) is 0 Å². The summed E-state index contributed by atoms with van der Waals surface area (Å²) in [6.45, 7) is 0. The third kappa shape index (κ3) is 3.28. The summed E-state index contributed by atoms with van der Waals surface area (Å²) in [6, 6.07) is 13.1. The third-order valence-electron chi connectivity index (χ3n) is 2.20. The number of para-hydroxylation sites is 1. The molecule has 0 aliphatic heterocycles. The zero-order valence-corrected chi connectivity index (χ0v) is 9.21. The zero-order valence-electron chi connectivity index (χ0n) is 9.21. The molecule has 0 amide bonds. The number of anilines is 1. The number of pyridine rings is 1. The fourth-order valence-corrected chi connectivity index (χ4v) is 1.35. The van der Waals surface area contributed by atoms with Gasteiger partial charge >= 0.3 is 0 Å². The van der Waals surface area contributed by atoms with E-state index in [2.05, 4.69) is 10.3 Å². The van der Waals surface area contributed by atoms with Gasteiger partial charge in [0.15, 0.2) is 5.78 Å². The Balaban J connectivity index is 1.96. The highest BCUT2D eigenvalue weighted by Crippen LogP contribution is 2.05. The van der Waals surface area contributed by atoms with Crippen molar-refractivity contribution >= 4 is 11.5 Å². The molecule has 0 spiro atoms. The minimum Gasteiger partial charge on any atom is -0.362 e. The molecule has 2 aromatic rings. The van der Waals surface area contributed by atoms with Crippen molar-refractivity contribution in [2.45, 2.75) is 0 Å². The monoisotopic (exact) mass is 224 g/mol. The topological polar surface area (TPSA) is 42.0 Å². The Kier molecular flexibility index (Phi) is 3.65. The molecule has 0 saturated heterocycles. The van der Waals surface area contributed by atoms with Gasteiger partial charge < -0.3 is 5.32 Å². The highest BCUT2D eigenvalue weighted by atomic mass is 16.1. The molecule has 0 unspecified atom stereocenters. The number of nitrogens with zero attached hydrogens (tertiary/aromatic N) is 1. The number of allylic oxidation sites excluding steroid dienone is 1. The lowest BCUT2D eigenvalue weighted by atomic mass is 10.2. The molecule has 0 atom stereocenters. The largest absolute Gasteiger partial charge is 0.362 e. The molecule has 2 rings (SSSR count). The lowest BCUT2D eigenvalue weighted by Crippen LogP contribution is -1.96. The minimum absolute atomic E-state index is 0.0680. The standard InChI is InChI=1S/C14H12N2O/c17-14(12-5-4-9-15-11-12)8-10-16-13-6-2-1-3-7-13/h1-11,16H/b10-8-. The van der Waals surface area contributed by atoms with Crippen LogP contribution in [0.25, 0.3) is 0 Å². The average Bonchev–Trinajstić information content (AvgIpc) is 2.41. The molecule has 3 nitrogen and oxygen atoms in total. The van der Waals surface area contributed by atoms with Crippen molar-refractivity contribution in [3.05, 3.63) is 72.7 Å². The molecule has 0 aliphatic rings. The number of hydrogen-bond donors (Lipinski definition) is 1. The van der Waals surface area contributed by atoms with Crippen LogP contribution in [0.1, 0.15) is 10.4 Å². The first-order valence-electron chi connectivity index (χ1n) is 5.29. The average molecular weight is 224 g/mol. The second kappa shape index (κ2) is 5.61. The van der Waals surface area contributed by atoms with Gasteiger partial charge in [-0.2, -0.15) is 0 Å². The van der Waals surface area contributed by atoms with Gasteiger partial charge in [-0.3, -0.25) is 9.78 Å². The first-order valence-corrected chi connectivity index (χ1v) is 5.29. The van der Waals surface area contributed by atoms with Crippen LogP contribution in [0, 0.1) is 0 Å². The number of carbonyl (C=O) groups excluding carboxylic acids is 1. The van der Waals surface area contributed by atoms with Gasteiger partial charge in [0.25, 0.3) is 0 Å². The summed E-state index contributed by atoms with van der Waals surface area (Å²) in [6.07, 6.45) is 6.31. The second-order valence-electron chi connectivity index (χ2n) is 3.45. The van der Waals surface area contributed by atoms with E-state index in [4.69, 9.17) is 0 Å². The molecule has 3 heteroatoms. The van der Waals surface area contributed by atoms with E-state index in [0.717, 1.165) is 5.69 Å². The number of nitrogens with one attached hydrogen (secondary N) is 1. The molecule has 1 heterocycles. The molecule has 0 fully saturated rings. The van der Waals surface area contributed by atoms with Crippen molar-refractivity contribution in [3.8, 4) is 0 Å². The Morgan fingerprint density at radius 3 is 2.65 bits per heavy atom. The van der Waals surface area contributed by atoms with Crippen molar-refractivity contribution in [2.24, 2.45) is 0 Å². The molecular weight excluding hydrogens is 212 g/mol. The van der Waals surface area contributed by atoms with Crippen molar-refractivity contribution in [3.63, 3.8) is 0 Å². The van der Waals surface area contributed by atoms with Gasteiger partial charge in [-0.1, -0.05) is 18.2 Å². The van der Waals surface area contributed by atoms with Gasteiger partial charge in [-0.25, -0.2) is 0 Å². The van der Waals surface area contributed by atoms with E-state index in [1.807, 2.05) is 30.3 Å². The fourth-order valence-electron chi connectivity index (χ4n) is 1.35. The molecule has 0 aliphatic carbocycles. The highest BCUT2D eigenvalue weighted by molar-refractivity contribution is 6.04. The van der Waals surface area contributed by atoms with Crippen LogP contribution < -0.4 is 5.32 Å². The summed E-state index contributed by atoms with van der Waals surface area (Å²) in [4.78, 5) is 15.6. The van der Waals surface area contributed by atoms with Crippen LogP contribution in [0.4, 0.5) is 5.69 Å². The van der Waals surface area contributed by atoms with Gasteiger partial charge in [0, 0.05) is 35.9 Å². The number of aromatic nitrogens is 1. The number of benzene rings is 1. The van der Waals surface area contributed by atoms with Gasteiger partial charge in [0.05, 0.1) is 0 Å². The molecule has 0 saturated carbocycles. The Morgan fingerprint density at radius 2 is 1.94 bits per heavy atom. The van der Waals surface area contributed by atoms with Crippen LogP contribution in [-0.4, -0.2) is 10.8 Å². The summed E-state index contributed by atoms with van der Waals surface area (Å²) < 4.78 is 0. The van der Waals surface area contributed by atoms with E-state index in [1.54, 1.807) is 30.7 Å². The third-order valence-corrected chi connectivity index (χ3v) is 2.20. The lowest BCUT2D eigenvalue weighted by Gasteiger charge is -1.98. The number of carbonyl (C=O) groups is 1. The summed E-state index contributed by atoms with van der Waals surface area (Å²) in [5, 5.41) is 3.02.